The number of carbonyl (C=O) groups is 1. The van der Waals surface area contributed by atoms with Gasteiger partial charge in [-0.25, -0.2) is 4.39 Å². The highest BCUT2D eigenvalue weighted by molar-refractivity contribution is 9.10. The fraction of sp³-hybridized carbons (Fsp3) is 0.300. The molecule has 0 radical (unpaired) electrons. The molecule has 0 aromatic heterocycles. The number of carbonyl (C=O) groups excluding carboxylic acids is 1. The van der Waals surface area contributed by atoms with Gasteiger partial charge in [0, 0.05) is 11.6 Å². The second kappa shape index (κ2) is 6.06. The summed E-state index contributed by atoms with van der Waals surface area (Å²) in [5.41, 5.74) is 0.251. The number of alkyl halides is 1. The molecule has 0 aliphatic rings. The van der Waals surface area contributed by atoms with Crippen LogP contribution in [0.2, 0.25) is 5.02 Å². The Morgan fingerprint density at radius 3 is 3.00 bits per heavy atom. The SMILES string of the molecule is COC(=O)C(Br)CNc1cc(Cl)ccc1F. The lowest BCUT2D eigenvalue weighted by Gasteiger charge is -2.11. The maximum Gasteiger partial charge on any atom is 0.321 e. The Labute approximate surface area is 106 Å². The van der Waals surface area contributed by atoms with Crippen molar-refractivity contribution in [2.45, 2.75) is 4.83 Å². The summed E-state index contributed by atoms with van der Waals surface area (Å²) in [6.07, 6.45) is 0. The average molecular weight is 311 g/mol. The molecule has 0 aliphatic heterocycles. The highest BCUT2D eigenvalue weighted by Gasteiger charge is 2.15. The van der Waals surface area contributed by atoms with Crippen molar-refractivity contribution < 1.29 is 13.9 Å². The Morgan fingerprint density at radius 1 is 1.69 bits per heavy atom. The smallest absolute Gasteiger partial charge is 0.321 e. The topological polar surface area (TPSA) is 38.3 Å². The number of methoxy groups -OCH3 is 1. The number of ether oxygens (including phenoxy) is 1. The molecule has 0 aliphatic carbocycles. The Kier molecular flexibility index (Phi) is 5.02. The van der Waals surface area contributed by atoms with E-state index in [1.54, 1.807) is 0 Å². The quantitative estimate of drug-likeness (QED) is 0.686. The number of rotatable bonds is 4. The molecular weight excluding hydrogens is 300 g/mol. The molecule has 3 nitrogen and oxygen atoms in total. The van der Waals surface area contributed by atoms with Gasteiger partial charge in [0.15, 0.2) is 0 Å². The maximum absolute atomic E-state index is 13.3. The van der Waals surface area contributed by atoms with E-state index in [-0.39, 0.29) is 12.2 Å². The van der Waals surface area contributed by atoms with Crippen LogP contribution in [0.3, 0.4) is 0 Å². The molecular formula is C10H10BrClFNO2. The van der Waals surface area contributed by atoms with Crippen LogP contribution in [0.15, 0.2) is 18.2 Å². The summed E-state index contributed by atoms with van der Waals surface area (Å²) in [7, 11) is 1.29. The third-order valence-electron chi connectivity index (χ3n) is 1.86. The minimum Gasteiger partial charge on any atom is -0.468 e. The number of esters is 1. The normalized spacial score (nSPS) is 12.0. The van der Waals surface area contributed by atoms with Gasteiger partial charge in [-0.2, -0.15) is 0 Å². The molecule has 0 fully saturated rings. The molecule has 1 unspecified atom stereocenters. The van der Waals surface area contributed by atoms with Gasteiger partial charge in [-0.15, -0.1) is 0 Å². The van der Waals surface area contributed by atoms with Gasteiger partial charge >= 0.3 is 5.97 Å². The monoisotopic (exact) mass is 309 g/mol. The second-order valence-electron chi connectivity index (χ2n) is 3.00. The van der Waals surface area contributed by atoms with Gasteiger partial charge < -0.3 is 10.1 Å². The van der Waals surface area contributed by atoms with E-state index >= 15 is 0 Å². The summed E-state index contributed by atoms with van der Waals surface area (Å²) in [5, 5.41) is 3.19. The van der Waals surface area contributed by atoms with Gasteiger partial charge in [0.2, 0.25) is 0 Å². The molecule has 0 amide bonds. The highest BCUT2D eigenvalue weighted by atomic mass is 79.9. The first-order valence-electron chi connectivity index (χ1n) is 4.45. The summed E-state index contributed by atoms with van der Waals surface area (Å²) in [6, 6.07) is 4.16. The number of hydrogen-bond acceptors (Lipinski definition) is 3. The van der Waals surface area contributed by atoms with Gasteiger partial charge in [0.25, 0.3) is 0 Å². The largest absolute Gasteiger partial charge is 0.468 e. The van der Waals surface area contributed by atoms with Gasteiger partial charge in [0.1, 0.15) is 10.6 Å². The second-order valence-corrected chi connectivity index (χ2v) is 4.54. The van der Waals surface area contributed by atoms with Crippen molar-refractivity contribution >= 4 is 39.2 Å². The number of benzene rings is 1. The van der Waals surface area contributed by atoms with E-state index in [9.17, 15) is 9.18 Å². The summed E-state index contributed by atoms with van der Waals surface area (Å²) in [4.78, 5) is 10.5. The van der Waals surface area contributed by atoms with Gasteiger partial charge in [-0.3, -0.25) is 4.79 Å². The molecule has 1 aromatic rings. The third-order valence-corrected chi connectivity index (χ3v) is 2.79. The molecule has 1 N–H and O–H groups in total. The van der Waals surface area contributed by atoms with E-state index in [4.69, 9.17) is 11.6 Å². The molecule has 88 valence electrons. The van der Waals surface area contributed by atoms with Crippen molar-refractivity contribution in [3.05, 3.63) is 29.0 Å². The number of hydrogen-bond donors (Lipinski definition) is 1. The molecule has 1 aromatic carbocycles. The van der Waals surface area contributed by atoms with E-state index in [0.29, 0.717) is 5.02 Å². The van der Waals surface area contributed by atoms with Crippen LogP contribution in [-0.2, 0) is 9.53 Å². The van der Waals surface area contributed by atoms with Crippen LogP contribution >= 0.6 is 27.5 Å². The lowest BCUT2D eigenvalue weighted by atomic mass is 10.3. The molecule has 0 bridgehead atoms. The van der Waals surface area contributed by atoms with Crippen molar-refractivity contribution in [3.63, 3.8) is 0 Å². The number of nitrogens with one attached hydrogen (secondary N) is 1. The van der Waals surface area contributed by atoms with E-state index in [2.05, 4.69) is 26.0 Å². The summed E-state index contributed by atoms with van der Waals surface area (Å²) in [5.74, 6) is -0.844. The lowest BCUT2D eigenvalue weighted by molar-refractivity contribution is -0.139. The number of halogens is 3. The van der Waals surface area contributed by atoms with E-state index < -0.39 is 16.6 Å². The summed E-state index contributed by atoms with van der Waals surface area (Å²) >= 11 is 8.82. The van der Waals surface area contributed by atoms with Crippen molar-refractivity contribution in [3.8, 4) is 0 Å². The molecule has 1 rings (SSSR count). The molecule has 0 saturated heterocycles. The molecule has 0 heterocycles. The minimum atomic E-state index is -0.532. The lowest BCUT2D eigenvalue weighted by Crippen LogP contribution is -2.24. The zero-order valence-corrected chi connectivity index (χ0v) is 10.8. The van der Waals surface area contributed by atoms with E-state index in [1.807, 2.05) is 0 Å². The third kappa shape index (κ3) is 3.64. The standard InChI is InChI=1S/C10H10BrClFNO2/c1-16-10(15)7(11)5-14-9-4-6(12)2-3-8(9)13/h2-4,7,14H,5H2,1H3. The Balaban J connectivity index is 2.60. The van der Waals surface area contributed by atoms with Gasteiger partial charge in [-0.05, 0) is 18.2 Å². The van der Waals surface area contributed by atoms with Crippen LogP contribution in [0.1, 0.15) is 0 Å². The summed E-state index contributed by atoms with van der Waals surface area (Å²) in [6.45, 7) is 0.212. The Hall–Kier alpha value is -0.810. The van der Waals surface area contributed by atoms with Crippen LogP contribution in [0.25, 0.3) is 0 Å². The fourth-order valence-electron chi connectivity index (χ4n) is 1.04. The zero-order valence-electron chi connectivity index (χ0n) is 8.47. The van der Waals surface area contributed by atoms with E-state index in [0.717, 1.165) is 0 Å². The van der Waals surface area contributed by atoms with E-state index in [1.165, 1.54) is 25.3 Å². The highest BCUT2D eigenvalue weighted by Crippen LogP contribution is 2.19. The van der Waals surface area contributed by atoms with Crippen molar-refractivity contribution in [2.75, 3.05) is 19.0 Å². The van der Waals surface area contributed by atoms with Crippen molar-refractivity contribution in [1.82, 2.24) is 0 Å². The fourth-order valence-corrected chi connectivity index (χ4v) is 1.56. The van der Waals surface area contributed by atoms with Gasteiger partial charge in [-0.1, -0.05) is 27.5 Å². The van der Waals surface area contributed by atoms with Crippen LogP contribution in [0, 0.1) is 5.82 Å². The first-order valence-corrected chi connectivity index (χ1v) is 5.74. The van der Waals surface area contributed by atoms with Crippen molar-refractivity contribution in [1.29, 1.82) is 0 Å². The van der Waals surface area contributed by atoms with Gasteiger partial charge in [0.05, 0.1) is 12.8 Å². The average Bonchev–Trinajstić information content (AvgIpc) is 2.28. The molecule has 1 atom stereocenters. The van der Waals surface area contributed by atoms with Crippen LogP contribution < -0.4 is 5.32 Å². The maximum atomic E-state index is 13.3. The predicted molar refractivity (Wildman–Crippen MR) is 64.6 cm³/mol. The van der Waals surface area contributed by atoms with Crippen LogP contribution in [0.4, 0.5) is 10.1 Å². The zero-order chi connectivity index (χ0) is 12.1. The first kappa shape index (κ1) is 13.3. The van der Waals surface area contributed by atoms with Crippen LogP contribution in [-0.4, -0.2) is 24.5 Å². The molecule has 6 heteroatoms. The molecule has 0 saturated carbocycles. The minimum absolute atomic E-state index is 0.212. The summed E-state index contributed by atoms with van der Waals surface area (Å²) < 4.78 is 17.8. The van der Waals surface area contributed by atoms with Crippen LogP contribution in [0.5, 0.6) is 0 Å². The first-order chi connectivity index (χ1) is 7.54. The molecule has 16 heavy (non-hydrogen) atoms. The Bertz CT molecular complexity index is 389. The predicted octanol–water partition coefficient (Wildman–Crippen LogP) is 2.83. The van der Waals surface area contributed by atoms with Crippen molar-refractivity contribution in [2.24, 2.45) is 0 Å². The Morgan fingerprint density at radius 2 is 2.38 bits per heavy atom. The number of anilines is 1. The molecule has 0 spiro atoms.